The van der Waals surface area contributed by atoms with Gasteiger partial charge in [-0.3, -0.25) is 9.78 Å². The lowest BCUT2D eigenvalue weighted by atomic mass is 10.2. The van der Waals surface area contributed by atoms with Gasteiger partial charge in [-0.25, -0.2) is 5.43 Å². The molecule has 0 fully saturated rings. The first-order valence-corrected chi connectivity index (χ1v) is 7.57. The Bertz CT molecular complexity index is 964. The number of furan rings is 1. The number of aromatic amines is 1. The monoisotopic (exact) mass is 363 g/mol. The molecule has 2 N–H and O–H groups in total. The van der Waals surface area contributed by atoms with Crippen LogP contribution in [0, 0.1) is 6.92 Å². The van der Waals surface area contributed by atoms with Gasteiger partial charge in [-0.1, -0.05) is 29.3 Å². The summed E-state index contributed by atoms with van der Waals surface area (Å²) in [5.74, 6) is 1.18. The van der Waals surface area contributed by atoms with Gasteiger partial charge in [0.2, 0.25) is 5.95 Å². The summed E-state index contributed by atoms with van der Waals surface area (Å²) in [4.78, 5) is 13.9. The van der Waals surface area contributed by atoms with E-state index in [4.69, 9.17) is 27.6 Å². The van der Waals surface area contributed by atoms with Gasteiger partial charge < -0.3 is 4.42 Å². The smallest absolute Gasteiger partial charge is 0.274 e. The van der Waals surface area contributed by atoms with E-state index in [0.717, 1.165) is 0 Å². The lowest BCUT2D eigenvalue weighted by Gasteiger charge is -2.01. The van der Waals surface area contributed by atoms with Crippen LogP contribution in [0.25, 0.3) is 11.3 Å². The summed E-state index contributed by atoms with van der Waals surface area (Å²) < 4.78 is 5.65. The Kier molecular flexibility index (Phi) is 4.64. The van der Waals surface area contributed by atoms with E-state index in [1.807, 2.05) is 0 Å². The van der Waals surface area contributed by atoms with Crippen LogP contribution in [0.1, 0.15) is 11.5 Å². The molecule has 0 saturated heterocycles. The number of hydrazone groups is 1. The number of nitrogens with one attached hydrogen (secondary N) is 2. The minimum absolute atomic E-state index is 0.131. The average Bonchev–Trinajstić information content (AvgIpc) is 3.02. The van der Waals surface area contributed by atoms with Crippen molar-refractivity contribution in [3.63, 3.8) is 0 Å². The van der Waals surface area contributed by atoms with E-state index in [9.17, 15) is 4.79 Å². The van der Waals surface area contributed by atoms with E-state index in [2.05, 4.69) is 25.7 Å². The summed E-state index contributed by atoms with van der Waals surface area (Å²) in [6, 6.07) is 8.77. The summed E-state index contributed by atoms with van der Waals surface area (Å²) >= 11 is 12.2. The molecule has 122 valence electrons. The predicted molar refractivity (Wildman–Crippen MR) is 92.8 cm³/mol. The van der Waals surface area contributed by atoms with E-state index in [-0.39, 0.29) is 17.2 Å². The molecular formula is C15H11Cl2N5O2. The number of hydrogen-bond donors (Lipinski definition) is 2. The molecule has 0 radical (unpaired) electrons. The molecule has 9 heteroatoms. The van der Waals surface area contributed by atoms with E-state index >= 15 is 0 Å². The Morgan fingerprint density at radius 3 is 2.88 bits per heavy atom. The number of hydrogen-bond acceptors (Lipinski definition) is 6. The Morgan fingerprint density at radius 2 is 2.08 bits per heavy atom. The number of benzene rings is 1. The Morgan fingerprint density at radius 1 is 1.25 bits per heavy atom. The summed E-state index contributed by atoms with van der Waals surface area (Å²) in [6.45, 7) is 1.56. The fourth-order valence-corrected chi connectivity index (χ4v) is 2.26. The minimum Gasteiger partial charge on any atom is -0.455 e. The number of aromatic nitrogens is 3. The molecule has 2 heterocycles. The van der Waals surface area contributed by atoms with Crippen molar-refractivity contribution in [2.24, 2.45) is 5.10 Å². The largest absolute Gasteiger partial charge is 0.455 e. The molecule has 0 bridgehead atoms. The van der Waals surface area contributed by atoms with Crippen molar-refractivity contribution in [3.8, 4) is 11.3 Å². The van der Waals surface area contributed by atoms with Crippen molar-refractivity contribution in [3.05, 3.63) is 62.2 Å². The second kappa shape index (κ2) is 6.86. The highest BCUT2D eigenvalue weighted by Crippen LogP contribution is 2.34. The van der Waals surface area contributed by atoms with Crippen LogP contribution in [-0.2, 0) is 0 Å². The van der Waals surface area contributed by atoms with Gasteiger partial charge in [0.15, 0.2) is 0 Å². The van der Waals surface area contributed by atoms with Crippen LogP contribution < -0.4 is 11.0 Å². The normalized spacial score (nSPS) is 11.1. The van der Waals surface area contributed by atoms with E-state index in [1.165, 1.54) is 6.21 Å². The third-order valence-electron chi connectivity index (χ3n) is 3.07. The number of H-pyrrole nitrogens is 1. The summed E-state index contributed by atoms with van der Waals surface area (Å²) in [5, 5.41) is 12.2. The second-order valence-corrected chi connectivity index (χ2v) is 5.55. The Balaban J connectivity index is 1.75. The van der Waals surface area contributed by atoms with Crippen molar-refractivity contribution >= 4 is 35.4 Å². The maximum Gasteiger partial charge on any atom is 0.274 e. The van der Waals surface area contributed by atoms with Gasteiger partial charge in [0.1, 0.15) is 17.2 Å². The van der Waals surface area contributed by atoms with Crippen molar-refractivity contribution in [2.75, 3.05) is 5.43 Å². The second-order valence-electron chi connectivity index (χ2n) is 4.76. The first kappa shape index (κ1) is 16.2. The highest BCUT2D eigenvalue weighted by Gasteiger charge is 2.10. The summed E-state index contributed by atoms with van der Waals surface area (Å²) in [7, 11) is 0. The van der Waals surface area contributed by atoms with Crippen molar-refractivity contribution in [1.29, 1.82) is 0 Å². The maximum atomic E-state index is 11.4. The molecular weight excluding hydrogens is 353 g/mol. The molecule has 3 aromatic rings. The lowest BCUT2D eigenvalue weighted by molar-refractivity contribution is 0.575. The Hall–Kier alpha value is -2.64. The molecule has 0 atom stereocenters. The SMILES string of the molecule is Cc1nnc(N/N=C\c2ccc(-c3cccc(Cl)c3Cl)o2)[nH]c1=O. The fraction of sp³-hybridized carbons (Fsp3) is 0.0667. The standard InChI is InChI=1S/C15H11Cl2N5O2/c1-8-14(23)19-15(22-20-8)21-18-7-9-5-6-12(24-9)10-3-2-4-11(16)13(10)17/h2-7H,1H3,(H2,19,21,22,23)/b18-7-. The zero-order valence-electron chi connectivity index (χ0n) is 12.4. The first-order valence-electron chi connectivity index (χ1n) is 6.81. The fourth-order valence-electron chi connectivity index (χ4n) is 1.86. The molecule has 0 saturated carbocycles. The van der Waals surface area contributed by atoms with Crippen molar-refractivity contribution in [1.82, 2.24) is 15.2 Å². The molecule has 24 heavy (non-hydrogen) atoms. The molecule has 7 nitrogen and oxygen atoms in total. The van der Waals surface area contributed by atoms with E-state index in [0.29, 0.717) is 27.1 Å². The van der Waals surface area contributed by atoms with Gasteiger partial charge in [0.05, 0.1) is 16.3 Å². The third-order valence-corrected chi connectivity index (χ3v) is 3.89. The van der Waals surface area contributed by atoms with Crippen LogP contribution in [0.4, 0.5) is 5.95 Å². The van der Waals surface area contributed by atoms with Gasteiger partial charge in [0, 0.05) is 5.56 Å². The number of halogens is 2. The van der Waals surface area contributed by atoms with E-state index in [1.54, 1.807) is 37.3 Å². The number of aryl methyl sites for hydroxylation is 1. The van der Waals surface area contributed by atoms with Gasteiger partial charge >= 0.3 is 0 Å². The van der Waals surface area contributed by atoms with Gasteiger partial charge in [-0.2, -0.15) is 5.10 Å². The van der Waals surface area contributed by atoms with Crippen LogP contribution in [0.2, 0.25) is 10.0 Å². The number of anilines is 1. The molecule has 3 rings (SSSR count). The molecule has 1 aromatic carbocycles. The van der Waals surface area contributed by atoms with Crippen molar-refractivity contribution in [2.45, 2.75) is 6.92 Å². The summed E-state index contributed by atoms with van der Waals surface area (Å²) in [6.07, 6.45) is 1.43. The summed E-state index contributed by atoms with van der Waals surface area (Å²) in [5.41, 5.74) is 3.19. The van der Waals surface area contributed by atoms with Crippen LogP contribution in [0.3, 0.4) is 0 Å². The van der Waals surface area contributed by atoms with Gasteiger partial charge in [0.25, 0.3) is 5.56 Å². The van der Waals surface area contributed by atoms with Crippen LogP contribution in [-0.4, -0.2) is 21.4 Å². The molecule has 0 aliphatic heterocycles. The zero-order valence-corrected chi connectivity index (χ0v) is 13.9. The van der Waals surface area contributed by atoms with Crippen LogP contribution in [0.5, 0.6) is 0 Å². The quantitative estimate of drug-likeness (QED) is 0.546. The number of nitrogens with zero attached hydrogens (tertiary/aromatic N) is 3. The molecule has 0 aliphatic carbocycles. The highest BCUT2D eigenvalue weighted by atomic mass is 35.5. The van der Waals surface area contributed by atoms with Crippen LogP contribution in [0.15, 0.2) is 44.6 Å². The zero-order chi connectivity index (χ0) is 17.1. The highest BCUT2D eigenvalue weighted by molar-refractivity contribution is 6.43. The minimum atomic E-state index is -0.335. The van der Waals surface area contributed by atoms with Crippen LogP contribution >= 0.6 is 23.2 Å². The molecule has 0 spiro atoms. The predicted octanol–water partition coefficient (Wildman–Crippen LogP) is 3.49. The first-order chi connectivity index (χ1) is 11.5. The van der Waals surface area contributed by atoms with Gasteiger partial charge in [-0.05, 0) is 31.2 Å². The molecule has 0 amide bonds. The van der Waals surface area contributed by atoms with Gasteiger partial charge in [-0.15, -0.1) is 10.2 Å². The number of rotatable bonds is 4. The maximum absolute atomic E-state index is 11.4. The van der Waals surface area contributed by atoms with E-state index < -0.39 is 0 Å². The lowest BCUT2D eigenvalue weighted by Crippen LogP contribution is -2.15. The molecule has 2 aromatic heterocycles. The third kappa shape index (κ3) is 3.47. The molecule has 0 aliphatic rings. The Labute approximate surface area is 146 Å². The van der Waals surface area contributed by atoms with Crippen molar-refractivity contribution < 1.29 is 4.42 Å². The topological polar surface area (TPSA) is 96.2 Å². The molecule has 0 unspecified atom stereocenters. The average molecular weight is 364 g/mol.